The number of carbonyl (C=O) groups excluding carboxylic acids is 1. The van der Waals surface area contributed by atoms with Crippen LogP contribution in [0.4, 0.5) is 0 Å². The highest BCUT2D eigenvalue weighted by Crippen LogP contribution is 2.42. The molecule has 0 unspecified atom stereocenters. The highest BCUT2D eigenvalue weighted by Gasteiger charge is 2.58. The van der Waals surface area contributed by atoms with E-state index in [0.29, 0.717) is 0 Å². The zero-order valence-corrected chi connectivity index (χ0v) is 16.4. The fraction of sp³-hybridized carbons (Fsp3) is 0.938. The number of fused-ring (bicyclic) bond motifs is 1. The lowest BCUT2D eigenvalue weighted by Crippen LogP contribution is -2.61. The summed E-state index contributed by atoms with van der Waals surface area (Å²) < 4.78 is 23.5. The summed E-state index contributed by atoms with van der Waals surface area (Å²) in [6.45, 7) is 15.7. The molecule has 2 fully saturated rings. The van der Waals surface area contributed by atoms with Gasteiger partial charge in [0.1, 0.15) is 12.2 Å². The molecule has 0 aromatic heterocycles. The number of cyclic esters (lactones) is 1. The Balaban J connectivity index is 2.29. The molecular weight excluding hydrogens is 316 g/mol. The van der Waals surface area contributed by atoms with Crippen molar-refractivity contribution in [1.29, 1.82) is 0 Å². The van der Waals surface area contributed by atoms with Crippen LogP contribution in [0.15, 0.2) is 0 Å². The Labute approximate surface area is 139 Å². The van der Waals surface area contributed by atoms with Crippen LogP contribution in [0.3, 0.4) is 0 Å². The maximum atomic E-state index is 12.5. The second-order valence-electron chi connectivity index (χ2n) is 8.51. The number of ether oxygens (including phenoxy) is 3. The maximum Gasteiger partial charge on any atom is 0.337 e. The van der Waals surface area contributed by atoms with E-state index >= 15 is 0 Å². The summed E-state index contributed by atoms with van der Waals surface area (Å²) in [5, 5.41) is 9.87. The average molecular weight is 346 g/mol. The summed E-state index contributed by atoms with van der Waals surface area (Å²) in [6, 6.07) is 0. The van der Waals surface area contributed by atoms with E-state index in [1.807, 2.05) is 0 Å². The predicted molar refractivity (Wildman–Crippen MR) is 87.5 cm³/mol. The van der Waals surface area contributed by atoms with Crippen LogP contribution < -0.4 is 0 Å². The molecule has 2 heterocycles. The van der Waals surface area contributed by atoms with E-state index in [2.05, 4.69) is 33.9 Å². The van der Waals surface area contributed by atoms with Gasteiger partial charge in [-0.25, -0.2) is 4.79 Å². The van der Waals surface area contributed by atoms with Gasteiger partial charge in [0.15, 0.2) is 26.3 Å². The van der Waals surface area contributed by atoms with E-state index in [1.165, 1.54) is 0 Å². The lowest BCUT2D eigenvalue weighted by atomic mass is 9.97. The molecule has 0 bridgehead atoms. The predicted octanol–water partition coefficient (Wildman–Crippen LogP) is 2.20. The van der Waals surface area contributed by atoms with Crippen molar-refractivity contribution in [2.75, 3.05) is 0 Å². The van der Waals surface area contributed by atoms with Crippen molar-refractivity contribution in [3.05, 3.63) is 0 Å². The van der Waals surface area contributed by atoms with Crippen molar-refractivity contribution >= 4 is 14.3 Å². The SMILES string of the molecule is C[C@H](O)[C@@H]1OC(=O)[C@H](O[Si](C)(C)C(C)(C)C)[C@@H]2OC(C)(C)O[C@H]12. The fourth-order valence-electron chi connectivity index (χ4n) is 2.69. The van der Waals surface area contributed by atoms with Crippen molar-refractivity contribution in [2.24, 2.45) is 0 Å². The van der Waals surface area contributed by atoms with Crippen LogP contribution in [0.2, 0.25) is 18.1 Å². The van der Waals surface area contributed by atoms with Gasteiger partial charge in [0, 0.05) is 0 Å². The van der Waals surface area contributed by atoms with Crippen LogP contribution in [0, 0.1) is 0 Å². The molecule has 0 saturated carbocycles. The molecule has 2 saturated heterocycles. The van der Waals surface area contributed by atoms with Crippen molar-refractivity contribution in [3.8, 4) is 0 Å². The normalized spacial score (nSPS) is 35.6. The van der Waals surface area contributed by atoms with Crippen molar-refractivity contribution < 1.29 is 28.5 Å². The molecule has 1 N–H and O–H groups in total. The molecule has 2 aliphatic rings. The first-order valence-electron chi connectivity index (χ1n) is 8.17. The Morgan fingerprint density at radius 3 is 2.22 bits per heavy atom. The van der Waals surface area contributed by atoms with Gasteiger partial charge in [-0.05, 0) is 38.9 Å². The molecule has 0 radical (unpaired) electrons. The highest BCUT2D eigenvalue weighted by molar-refractivity contribution is 6.74. The molecule has 6 nitrogen and oxygen atoms in total. The Hall–Kier alpha value is -0.473. The van der Waals surface area contributed by atoms with Gasteiger partial charge >= 0.3 is 5.97 Å². The zero-order chi connectivity index (χ0) is 17.8. The molecule has 2 aliphatic heterocycles. The van der Waals surface area contributed by atoms with E-state index < -0.39 is 50.6 Å². The molecule has 134 valence electrons. The molecule has 0 spiro atoms. The van der Waals surface area contributed by atoms with Crippen LogP contribution in [-0.4, -0.2) is 55.7 Å². The second kappa shape index (κ2) is 5.81. The van der Waals surface area contributed by atoms with E-state index in [9.17, 15) is 9.90 Å². The summed E-state index contributed by atoms with van der Waals surface area (Å²) in [7, 11) is -2.19. The van der Waals surface area contributed by atoms with E-state index in [4.69, 9.17) is 18.6 Å². The van der Waals surface area contributed by atoms with Crippen LogP contribution in [0.5, 0.6) is 0 Å². The third-order valence-electron chi connectivity index (χ3n) is 4.97. The quantitative estimate of drug-likeness (QED) is 0.624. The van der Waals surface area contributed by atoms with Gasteiger partial charge in [0.25, 0.3) is 0 Å². The van der Waals surface area contributed by atoms with Crippen molar-refractivity contribution in [1.82, 2.24) is 0 Å². The minimum absolute atomic E-state index is 0.0428. The number of carbonyl (C=O) groups is 1. The van der Waals surface area contributed by atoms with Crippen LogP contribution in [0.1, 0.15) is 41.5 Å². The smallest absolute Gasteiger partial charge is 0.337 e. The Morgan fingerprint density at radius 2 is 1.74 bits per heavy atom. The van der Waals surface area contributed by atoms with Crippen LogP contribution >= 0.6 is 0 Å². The third kappa shape index (κ3) is 3.63. The number of aliphatic hydroxyl groups is 1. The Bertz CT molecular complexity index is 468. The first-order valence-corrected chi connectivity index (χ1v) is 11.1. The lowest BCUT2D eigenvalue weighted by molar-refractivity contribution is -0.194. The third-order valence-corrected chi connectivity index (χ3v) is 9.43. The van der Waals surface area contributed by atoms with Gasteiger partial charge in [-0.2, -0.15) is 0 Å². The van der Waals surface area contributed by atoms with E-state index in [-0.39, 0.29) is 5.04 Å². The molecule has 0 aromatic rings. The molecule has 2 rings (SSSR count). The van der Waals surface area contributed by atoms with Gasteiger partial charge in [-0.15, -0.1) is 0 Å². The molecule has 0 amide bonds. The zero-order valence-electron chi connectivity index (χ0n) is 15.4. The Morgan fingerprint density at radius 1 is 1.22 bits per heavy atom. The molecular formula is C16H30O6Si. The van der Waals surface area contributed by atoms with Gasteiger partial charge in [-0.1, -0.05) is 20.8 Å². The minimum atomic E-state index is -2.19. The number of esters is 1. The molecule has 5 atom stereocenters. The van der Waals surface area contributed by atoms with Crippen LogP contribution in [0.25, 0.3) is 0 Å². The van der Waals surface area contributed by atoms with E-state index in [1.54, 1.807) is 20.8 Å². The lowest BCUT2D eigenvalue weighted by Gasteiger charge is -2.43. The summed E-state index contributed by atoms with van der Waals surface area (Å²) in [5.41, 5.74) is 0. The Kier molecular flexibility index (Phi) is 4.76. The number of hydrogen-bond donors (Lipinski definition) is 1. The number of rotatable bonds is 3. The highest BCUT2D eigenvalue weighted by atomic mass is 28.4. The second-order valence-corrected chi connectivity index (χ2v) is 13.3. The summed E-state index contributed by atoms with van der Waals surface area (Å²) in [4.78, 5) is 12.5. The standard InChI is InChI=1S/C16H30O6Si/c1-9(17)10-11-12(21-16(5,6)20-11)13(14(18)19-10)22-23(7,8)15(2,3)4/h9-13,17H,1-8H3/t9-,10-,11+,12+,13+/m0/s1. The number of hydrogen-bond acceptors (Lipinski definition) is 6. The molecule has 0 aromatic carbocycles. The molecule has 23 heavy (non-hydrogen) atoms. The largest absolute Gasteiger partial charge is 0.455 e. The fourth-order valence-corrected chi connectivity index (χ4v) is 3.91. The summed E-state index contributed by atoms with van der Waals surface area (Å²) >= 11 is 0. The summed E-state index contributed by atoms with van der Waals surface area (Å²) in [5.74, 6) is -1.32. The molecule has 0 aliphatic carbocycles. The maximum absolute atomic E-state index is 12.5. The van der Waals surface area contributed by atoms with E-state index in [0.717, 1.165) is 0 Å². The topological polar surface area (TPSA) is 74.2 Å². The van der Waals surface area contributed by atoms with Gasteiger partial charge < -0.3 is 23.7 Å². The van der Waals surface area contributed by atoms with Crippen LogP contribution in [-0.2, 0) is 23.4 Å². The van der Waals surface area contributed by atoms with Gasteiger partial charge in [0.2, 0.25) is 0 Å². The van der Waals surface area contributed by atoms with Gasteiger partial charge in [-0.3, -0.25) is 0 Å². The molecule has 7 heteroatoms. The van der Waals surface area contributed by atoms with Gasteiger partial charge in [0.05, 0.1) is 6.10 Å². The first-order chi connectivity index (χ1) is 10.3. The van der Waals surface area contributed by atoms with Crippen molar-refractivity contribution in [2.45, 2.75) is 96.0 Å². The summed E-state index contributed by atoms with van der Waals surface area (Å²) in [6.07, 6.45) is -3.50. The monoisotopic (exact) mass is 346 g/mol. The first kappa shape index (κ1) is 18.9. The average Bonchev–Trinajstić information content (AvgIpc) is 2.66. The van der Waals surface area contributed by atoms with Crippen molar-refractivity contribution in [3.63, 3.8) is 0 Å². The minimum Gasteiger partial charge on any atom is -0.455 e. The number of aliphatic hydroxyl groups excluding tert-OH is 1.